The maximum atomic E-state index is 11.2. The summed E-state index contributed by atoms with van der Waals surface area (Å²) in [5.41, 5.74) is 0. The normalized spacial score (nSPS) is 12.5. The predicted molar refractivity (Wildman–Crippen MR) is 52.6 cm³/mol. The molecule has 0 aromatic carbocycles. The number of ether oxygens (including phenoxy) is 1. The van der Waals surface area contributed by atoms with E-state index in [2.05, 4.69) is 10.6 Å². The summed E-state index contributed by atoms with van der Waals surface area (Å²) in [5, 5.41) is 5.81. The molecule has 0 bridgehead atoms. The summed E-state index contributed by atoms with van der Waals surface area (Å²) < 4.78 is 5.13. The highest BCUT2D eigenvalue weighted by Crippen LogP contribution is 1.89. The number of rotatable bonds is 7. The van der Waals surface area contributed by atoms with E-state index in [9.17, 15) is 4.79 Å². The standard InChI is InChI=1S/C9H20N2O2/c1-4-13-8(2)9(12)11-7-5-6-10-3/h8,10H,4-7H2,1-3H3,(H,11,12). The van der Waals surface area contributed by atoms with Crippen LogP contribution < -0.4 is 10.6 Å². The van der Waals surface area contributed by atoms with Crippen molar-refractivity contribution >= 4 is 5.91 Å². The Labute approximate surface area is 80.0 Å². The van der Waals surface area contributed by atoms with Gasteiger partial charge in [-0.1, -0.05) is 0 Å². The first kappa shape index (κ1) is 12.4. The molecule has 2 N–H and O–H groups in total. The van der Waals surface area contributed by atoms with Gasteiger partial charge in [0.25, 0.3) is 0 Å². The molecule has 4 heteroatoms. The van der Waals surface area contributed by atoms with Crippen molar-refractivity contribution < 1.29 is 9.53 Å². The molecule has 13 heavy (non-hydrogen) atoms. The highest BCUT2D eigenvalue weighted by atomic mass is 16.5. The Morgan fingerprint density at radius 1 is 1.46 bits per heavy atom. The fourth-order valence-corrected chi connectivity index (χ4v) is 0.946. The Morgan fingerprint density at radius 2 is 2.15 bits per heavy atom. The number of amides is 1. The molecule has 0 heterocycles. The lowest BCUT2D eigenvalue weighted by molar-refractivity contribution is -0.131. The third kappa shape index (κ3) is 6.54. The second-order valence-corrected chi connectivity index (χ2v) is 2.85. The monoisotopic (exact) mass is 188 g/mol. The lowest BCUT2D eigenvalue weighted by Gasteiger charge is -2.11. The molecule has 0 rings (SSSR count). The molecule has 1 amide bonds. The van der Waals surface area contributed by atoms with Crippen LogP contribution in [0.1, 0.15) is 20.3 Å². The van der Waals surface area contributed by atoms with Crippen molar-refractivity contribution in [3.05, 3.63) is 0 Å². The van der Waals surface area contributed by atoms with E-state index in [0.717, 1.165) is 13.0 Å². The van der Waals surface area contributed by atoms with Gasteiger partial charge >= 0.3 is 0 Å². The van der Waals surface area contributed by atoms with Crippen LogP contribution in [0, 0.1) is 0 Å². The van der Waals surface area contributed by atoms with E-state index in [4.69, 9.17) is 4.74 Å². The lowest BCUT2D eigenvalue weighted by atomic mass is 10.3. The third-order valence-corrected chi connectivity index (χ3v) is 1.69. The maximum Gasteiger partial charge on any atom is 0.248 e. The molecule has 0 aliphatic rings. The Bertz CT molecular complexity index is 140. The van der Waals surface area contributed by atoms with Crippen LogP contribution >= 0.6 is 0 Å². The van der Waals surface area contributed by atoms with Crippen molar-refractivity contribution in [2.45, 2.75) is 26.4 Å². The van der Waals surface area contributed by atoms with Crippen molar-refractivity contribution in [2.75, 3.05) is 26.7 Å². The summed E-state index contributed by atoms with van der Waals surface area (Å²) in [7, 11) is 1.89. The summed E-state index contributed by atoms with van der Waals surface area (Å²) in [5.74, 6) is -0.0297. The molecule has 0 aromatic heterocycles. The number of hydrogen-bond acceptors (Lipinski definition) is 3. The Balaban J connectivity index is 3.38. The summed E-state index contributed by atoms with van der Waals surface area (Å²) in [4.78, 5) is 11.2. The van der Waals surface area contributed by atoms with Crippen LogP contribution in [0.5, 0.6) is 0 Å². The highest BCUT2D eigenvalue weighted by Gasteiger charge is 2.10. The van der Waals surface area contributed by atoms with Crippen molar-refractivity contribution in [1.82, 2.24) is 10.6 Å². The van der Waals surface area contributed by atoms with Gasteiger partial charge in [0.15, 0.2) is 0 Å². The van der Waals surface area contributed by atoms with E-state index >= 15 is 0 Å². The first-order valence-electron chi connectivity index (χ1n) is 4.76. The van der Waals surface area contributed by atoms with Crippen LogP contribution in [0.25, 0.3) is 0 Å². The van der Waals surface area contributed by atoms with E-state index in [1.807, 2.05) is 14.0 Å². The van der Waals surface area contributed by atoms with Gasteiger partial charge in [-0.3, -0.25) is 4.79 Å². The van der Waals surface area contributed by atoms with E-state index in [-0.39, 0.29) is 12.0 Å². The molecule has 1 unspecified atom stereocenters. The van der Waals surface area contributed by atoms with Gasteiger partial charge in [-0.05, 0) is 33.9 Å². The smallest absolute Gasteiger partial charge is 0.248 e. The van der Waals surface area contributed by atoms with Crippen molar-refractivity contribution in [3.8, 4) is 0 Å². The van der Waals surface area contributed by atoms with Crippen LogP contribution in [0.3, 0.4) is 0 Å². The molecule has 78 valence electrons. The fraction of sp³-hybridized carbons (Fsp3) is 0.889. The van der Waals surface area contributed by atoms with Crippen LogP contribution in [0.4, 0.5) is 0 Å². The van der Waals surface area contributed by atoms with Crippen molar-refractivity contribution in [2.24, 2.45) is 0 Å². The van der Waals surface area contributed by atoms with Crippen molar-refractivity contribution in [3.63, 3.8) is 0 Å². The third-order valence-electron chi connectivity index (χ3n) is 1.69. The van der Waals surface area contributed by atoms with Gasteiger partial charge in [0, 0.05) is 13.2 Å². The molecule has 0 saturated carbocycles. The predicted octanol–water partition coefficient (Wildman–Crippen LogP) is 0.137. The topological polar surface area (TPSA) is 50.4 Å². The Morgan fingerprint density at radius 3 is 2.69 bits per heavy atom. The zero-order chi connectivity index (χ0) is 10.1. The molecule has 0 aliphatic heterocycles. The van der Waals surface area contributed by atoms with Gasteiger partial charge < -0.3 is 15.4 Å². The maximum absolute atomic E-state index is 11.2. The number of hydrogen-bond donors (Lipinski definition) is 2. The molecule has 0 radical (unpaired) electrons. The molecule has 1 atom stereocenters. The number of nitrogens with one attached hydrogen (secondary N) is 2. The van der Waals surface area contributed by atoms with E-state index in [1.165, 1.54) is 0 Å². The molecule has 0 saturated heterocycles. The summed E-state index contributed by atoms with van der Waals surface area (Å²) in [6.45, 7) is 5.84. The zero-order valence-corrected chi connectivity index (χ0v) is 8.72. The first-order valence-corrected chi connectivity index (χ1v) is 4.76. The van der Waals surface area contributed by atoms with Crippen LogP contribution in [0.2, 0.25) is 0 Å². The molecule has 0 aliphatic carbocycles. The van der Waals surface area contributed by atoms with Crippen LogP contribution in [-0.4, -0.2) is 38.8 Å². The zero-order valence-electron chi connectivity index (χ0n) is 8.72. The van der Waals surface area contributed by atoms with Gasteiger partial charge in [-0.15, -0.1) is 0 Å². The molecule has 0 spiro atoms. The summed E-state index contributed by atoms with van der Waals surface area (Å²) in [6, 6.07) is 0. The van der Waals surface area contributed by atoms with Crippen LogP contribution in [0.15, 0.2) is 0 Å². The minimum absolute atomic E-state index is 0.0297. The van der Waals surface area contributed by atoms with E-state index in [0.29, 0.717) is 13.2 Å². The number of carbonyl (C=O) groups excluding carboxylic acids is 1. The van der Waals surface area contributed by atoms with E-state index in [1.54, 1.807) is 6.92 Å². The Hall–Kier alpha value is -0.610. The molecule has 0 fully saturated rings. The Kier molecular flexibility index (Phi) is 7.63. The molecular weight excluding hydrogens is 168 g/mol. The second kappa shape index (κ2) is 8.01. The minimum atomic E-state index is -0.334. The average molecular weight is 188 g/mol. The first-order chi connectivity index (χ1) is 6.22. The largest absolute Gasteiger partial charge is 0.369 e. The van der Waals surface area contributed by atoms with Gasteiger partial charge in [-0.2, -0.15) is 0 Å². The molecule has 4 nitrogen and oxygen atoms in total. The highest BCUT2D eigenvalue weighted by molar-refractivity contribution is 5.80. The van der Waals surface area contributed by atoms with Crippen LogP contribution in [-0.2, 0) is 9.53 Å². The summed E-state index contributed by atoms with van der Waals surface area (Å²) >= 11 is 0. The minimum Gasteiger partial charge on any atom is -0.369 e. The average Bonchev–Trinajstić information content (AvgIpc) is 2.12. The molecular formula is C9H20N2O2. The molecule has 0 aromatic rings. The quantitative estimate of drug-likeness (QED) is 0.559. The summed E-state index contributed by atoms with van der Waals surface area (Å²) in [6.07, 6.45) is 0.612. The van der Waals surface area contributed by atoms with Gasteiger partial charge in [0.2, 0.25) is 5.91 Å². The number of carbonyl (C=O) groups is 1. The second-order valence-electron chi connectivity index (χ2n) is 2.85. The SMILES string of the molecule is CCOC(C)C(=O)NCCCNC. The van der Waals surface area contributed by atoms with E-state index < -0.39 is 0 Å². The van der Waals surface area contributed by atoms with Crippen molar-refractivity contribution in [1.29, 1.82) is 0 Å². The fourth-order valence-electron chi connectivity index (χ4n) is 0.946. The van der Waals surface area contributed by atoms with Gasteiger partial charge in [0.05, 0.1) is 0 Å². The van der Waals surface area contributed by atoms with Gasteiger partial charge in [-0.25, -0.2) is 0 Å². The van der Waals surface area contributed by atoms with Gasteiger partial charge in [0.1, 0.15) is 6.10 Å². The lowest BCUT2D eigenvalue weighted by Crippen LogP contribution is -2.35.